The molecule has 0 spiro atoms. The lowest BCUT2D eigenvalue weighted by Crippen LogP contribution is -2.54. The third-order valence-electron chi connectivity index (χ3n) is 4.24. The van der Waals surface area contributed by atoms with E-state index in [0.29, 0.717) is 12.6 Å². The number of nitrogens with zero attached hydrogens (tertiary/aromatic N) is 2. The van der Waals surface area contributed by atoms with Crippen LogP contribution in [0.2, 0.25) is 0 Å². The molecule has 0 bridgehead atoms. The molecule has 0 saturated carbocycles. The molecule has 2 N–H and O–H groups in total. The summed E-state index contributed by atoms with van der Waals surface area (Å²) in [4.78, 5) is 17.0. The minimum absolute atomic E-state index is 0.0109. The van der Waals surface area contributed by atoms with Gasteiger partial charge in [-0.15, -0.1) is 0 Å². The Morgan fingerprint density at radius 3 is 2.76 bits per heavy atom. The van der Waals surface area contributed by atoms with Crippen LogP contribution in [0.3, 0.4) is 0 Å². The first-order valence-corrected chi connectivity index (χ1v) is 7.46. The molecule has 1 aromatic carbocycles. The molecule has 0 aromatic heterocycles. The topological polar surface area (TPSA) is 47.6 Å². The number of piperazine rings is 1. The maximum absolute atomic E-state index is 12.3. The van der Waals surface area contributed by atoms with Crippen LogP contribution in [-0.4, -0.2) is 69.1 Å². The molecule has 5 nitrogen and oxygen atoms in total. The van der Waals surface area contributed by atoms with Gasteiger partial charge in [0.05, 0.1) is 0 Å². The van der Waals surface area contributed by atoms with Gasteiger partial charge in [0, 0.05) is 50.5 Å². The Morgan fingerprint density at radius 2 is 2.10 bits per heavy atom. The Morgan fingerprint density at radius 1 is 1.33 bits per heavy atom. The molecule has 1 heterocycles. The smallest absolute Gasteiger partial charge is 0.251 e. The number of hydrogen-bond acceptors (Lipinski definition) is 4. The second-order valence-electron chi connectivity index (χ2n) is 5.89. The van der Waals surface area contributed by atoms with E-state index < -0.39 is 0 Å². The van der Waals surface area contributed by atoms with Crippen molar-refractivity contribution in [3.05, 3.63) is 29.3 Å². The Balaban J connectivity index is 1.95. The molecule has 1 aliphatic heterocycles. The first-order valence-electron chi connectivity index (χ1n) is 7.46. The fourth-order valence-corrected chi connectivity index (χ4v) is 2.70. The van der Waals surface area contributed by atoms with Crippen molar-refractivity contribution in [3.8, 4) is 0 Å². The maximum Gasteiger partial charge on any atom is 0.251 e. The number of carbonyl (C=O) groups is 1. The Kier molecular flexibility index (Phi) is 5.20. The number of carbonyl (C=O) groups excluding carboxylic acids is 1. The van der Waals surface area contributed by atoms with Crippen LogP contribution < -0.4 is 10.6 Å². The van der Waals surface area contributed by atoms with Crippen molar-refractivity contribution < 1.29 is 4.79 Å². The molecular weight excluding hydrogens is 264 g/mol. The van der Waals surface area contributed by atoms with Crippen LogP contribution in [0.4, 0.5) is 5.69 Å². The zero-order valence-electron chi connectivity index (χ0n) is 13.4. The third kappa shape index (κ3) is 3.95. The summed E-state index contributed by atoms with van der Waals surface area (Å²) in [6.07, 6.45) is 0. The van der Waals surface area contributed by atoms with Gasteiger partial charge in [-0.25, -0.2) is 0 Å². The van der Waals surface area contributed by atoms with E-state index in [2.05, 4.69) is 34.5 Å². The minimum atomic E-state index is 0.0109. The van der Waals surface area contributed by atoms with Crippen molar-refractivity contribution >= 4 is 11.6 Å². The first-order chi connectivity index (χ1) is 10.0. The number of amides is 1. The first kappa shape index (κ1) is 15.8. The second kappa shape index (κ2) is 6.91. The Labute approximate surface area is 127 Å². The summed E-state index contributed by atoms with van der Waals surface area (Å²) >= 11 is 0. The fraction of sp³-hybridized carbons (Fsp3) is 0.562. The molecule has 1 unspecified atom stereocenters. The highest BCUT2D eigenvalue weighted by Gasteiger charge is 2.22. The van der Waals surface area contributed by atoms with Gasteiger partial charge in [-0.3, -0.25) is 9.69 Å². The predicted octanol–water partition coefficient (Wildman–Crippen LogP) is 1.01. The van der Waals surface area contributed by atoms with Gasteiger partial charge in [0.2, 0.25) is 0 Å². The van der Waals surface area contributed by atoms with Gasteiger partial charge < -0.3 is 15.5 Å². The Hall–Kier alpha value is -1.59. The predicted molar refractivity (Wildman–Crippen MR) is 87.0 cm³/mol. The van der Waals surface area contributed by atoms with Crippen LogP contribution in [0, 0.1) is 6.92 Å². The standard InChI is InChI=1S/C16H26N4O/c1-12-9-13(17-2)5-6-15(12)16(21)18-10-14-11-19(3)7-8-20(14)4/h5-6,9,14,17H,7-8,10-11H2,1-4H3,(H,18,21). The molecule has 1 fully saturated rings. The van der Waals surface area contributed by atoms with E-state index in [9.17, 15) is 4.79 Å². The number of nitrogens with one attached hydrogen (secondary N) is 2. The average molecular weight is 290 g/mol. The normalized spacial score (nSPS) is 20.3. The number of aryl methyl sites for hydroxylation is 1. The molecule has 2 rings (SSSR count). The molecule has 1 saturated heterocycles. The molecule has 1 aromatic rings. The lowest BCUT2D eigenvalue weighted by molar-refractivity contribution is 0.0880. The summed E-state index contributed by atoms with van der Waals surface area (Å²) < 4.78 is 0. The SMILES string of the molecule is CNc1ccc(C(=O)NCC2CN(C)CCN2C)c(C)c1. The van der Waals surface area contributed by atoms with Crippen molar-refractivity contribution in [2.45, 2.75) is 13.0 Å². The molecule has 1 amide bonds. The average Bonchev–Trinajstić information content (AvgIpc) is 2.47. The fourth-order valence-electron chi connectivity index (χ4n) is 2.70. The largest absolute Gasteiger partial charge is 0.388 e. The Bertz CT molecular complexity index is 503. The van der Waals surface area contributed by atoms with E-state index >= 15 is 0 Å². The second-order valence-corrected chi connectivity index (χ2v) is 5.89. The van der Waals surface area contributed by atoms with Crippen LogP contribution in [0.15, 0.2) is 18.2 Å². The molecule has 116 valence electrons. The highest BCUT2D eigenvalue weighted by Crippen LogP contribution is 2.14. The van der Waals surface area contributed by atoms with E-state index in [1.165, 1.54) is 0 Å². The van der Waals surface area contributed by atoms with Gasteiger partial charge in [-0.05, 0) is 44.8 Å². The maximum atomic E-state index is 12.3. The summed E-state index contributed by atoms with van der Waals surface area (Å²) in [5.74, 6) is 0.0109. The van der Waals surface area contributed by atoms with Gasteiger partial charge in [-0.1, -0.05) is 0 Å². The van der Waals surface area contributed by atoms with Crippen LogP contribution in [0.1, 0.15) is 15.9 Å². The molecule has 0 radical (unpaired) electrons. The van der Waals surface area contributed by atoms with E-state index in [-0.39, 0.29) is 5.91 Å². The third-order valence-corrected chi connectivity index (χ3v) is 4.24. The van der Waals surface area contributed by atoms with Gasteiger partial charge in [-0.2, -0.15) is 0 Å². The summed E-state index contributed by atoms with van der Waals surface area (Å²) in [7, 11) is 6.13. The zero-order valence-corrected chi connectivity index (χ0v) is 13.4. The van der Waals surface area contributed by atoms with Crippen LogP contribution >= 0.6 is 0 Å². The van der Waals surface area contributed by atoms with Gasteiger partial charge in [0.15, 0.2) is 0 Å². The number of benzene rings is 1. The monoisotopic (exact) mass is 290 g/mol. The van der Waals surface area contributed by atoms with E-state index in [1.54, 1.807) is 0 Å². The number of anilines is 1. The van der Waals surface area contributed by atoms with E-state index in [1.807, 2.05) is 32.2 Å². The molecule has 5 heteroatoms. The van der Waals surface area contributed by atoms with Gasteiger partial charge in [0.25, 0.3) is 5.91 Å². The number of likely N-dealkylation sites (N-methyl/N-ethyl adjacent to an activating group) is 2. The van der Waals surface area contributed by atoms with Crippen molar-refractivity contribution in [3.63, 3.8) is 0 Å². The van der Waals surface area contributed by atoms with Crippen LogP contribution in [0.25, 0.3) is 0 Å². The lowest BCUT2D eigenvalue weighted by Gasteiger charge is -2.37. The number of hydrogen-bond donors (Lipinski definition) is 2. The zero-order chi connectivity index (χ0) is 15.4. The molecule has 0 aliphatic carbocycles. The van der Waals surface area contributed by atoms with Crippen molar-refractivity contribution in [1.82, 2.24) is 15.1 Å². The quantitative estimate of drug-likeness (QED) is 0.869. The summed E-state index contributed by atoms with van der Waals surface area (Å²) in [5, 5.41) is 6.15. The van der Waals surface area contributed by atoms with Gasteiger partial charge >= 0.3 is 0 Å². The summed E-state index contributed by atoms with van der Waals surface area (Å²) in [5.41, 5.74) is 2.77. The molecule has 1 aliphatic rings. The molecule has 21 heavy (non-hydrogen) atoms. The van der Waals surface area contributed by atoms with Crippen LogP contribution in [-0.2, 0) is 0 Å². The highest BCUT2D eigenvalue weighted by molar-refractivity contribution is 5.96. The van der Waals surface area contributed by atoms with Crippen molar-refractivity contribution in [2.24, 2.45) is 0 Å². The minimum Gasteiger partial charge on any atom is -0.388 e. The van der Waals surface area contributed by atoms with Crippen molar-refractivity contribution in [2.75, 3.05) is 52.6 Å². The summed E-state index contributed by atoms with van der Waals surface area (Å²) in [6, 6.07) is 6.19. The lowest BCUT2D eigenvalue weighted by atomic mass is 10.1. The molecule has 1 atom stereocenters. The molecular formula is C16H26N4O. The van der Waals surface area contributed by atoms with Gasteiger partial charge in [0.1, 0.15) is 0 Å². The van der Waals surface area contributed by atoms with Crippen molar-refractivity contribution in [1.29, 1.82) is 0 Å². The highest BCUT2D eigenvalue weighted by atomic mass is 16.1. The van der Waals surface area contributed by atoms with E-state index in [4.69, 9.17) is 0 Å². The summed E-state index contributed by atoms with van der Waals surface area (Å²) in [6.45, 7) is 5.79. The van der Waals surface area contributed by atoms with Crippen LogP contribution in [0.5, 0.6) is 0 Å². The van der Waals surface area contributed by atoms with E-state index in [0.717, 1.165) is 36.4 Å². The number of rotatable bonds is 4.